The molecule has 1 saturated heterocycles. The molecule has 2 heteroatoms. The molecule has 0 atom stereocenters. The molecule has 0 amide bonds. The lowest BCUT2D eigenvalue weighted by Crippen LogP contribution is -2.43. The summed E-state index contributed by atoms with van der Waals surface area (Å²) in [6.07, 6.45) is 10.1. The zero-order valence-corrected chi connectivity index (χ0v) is 13.7. The smallest absolute Gasteiger partial charge is 0.000654 e. The molecule has 1 aliphatic carbocycles. The van der Waals surface area contributed by atoms with Crippen LogP contribution in [-0.4, -0.2) is 50.1 Å². The van der Waals surface area contributed by atoms with Gasteiger partial charge in [-0.15, -0.1) is 0 Å². The van der Waals surface area contributed by atoms with Crippen LogP contribution in [0.1, 0.15) is 58.8 Å². The Labute approximate surface area is 120 Å². The minimum Gasteiger partial charge on any atom is -0.309 e. The first-order valence-electron chi connectivity index (χ1n) is 8.28. The third-order valence-corrected chi connectivity index (χ3v) is 5.66. The highest BCUT2D eigenvalue weighted by atomic mass is 15.1. The molecular weight excluding hydrogens is 232 g/mol. The lowest BCUT2D eigenvalue weighted by molar-refractivity contribution is 0.0304. The standard InChI is InChI=1S/C17H34N2/c1-16(2)6-8-17(9-7-16)10-14-19(15-11-17)13-5-12-18(3)4/h5-15H2,1-4H3. The number of nitrogens with zero attached hydrogens (tertiary/aromatic N) is 2. The van der Waals surface area contributed by atoms with Gasteiger partial charge in [-0.25, -0.2) is 0 Å². The van der Waals surface area contributed by atoms with Crippen LogP contribution in [0, 0.1) is 10.8 Å². The maximum Gasteiger partial charge on any atom is -0.000654 e. The Morgan fingerprint density at radius 3 is 2.00 bits per heavy atom. The SMILES string of the molecule is CN(C)CCCN1CCC2(CC1)CCC(C)(C)CC2. The maximum absolute atomic E-state index is 2.70. The van der Waals surface area contributed by atoms with Crippen molar-refractivity contribution in [2.75, 3.05) is 40.3 Å². The van der Waals surface area contributed by atoms with Gasteiger partial charge < -0.3 is 9.80 Å². The van der Waals surface area contributed by atoms with Crippen molar-refractivity contribution >= 4 is 0 Å². The predicted octanol–water partition coefficient (Wildman–Crippen LogP) is 3.62. The summed E-state index contributed by atoms with van der Waals surface area (Å²) in [6.45, 7) is 10.2. The van der Waals surface area contributed by atoms with Crippen LogP contribution in [0.3, 0.4) is 0 Å². The molecule has 1 aliphatic heterocycles. The number of hydrogen-bond donors (Lipinski definition) is 0. The Morgan fingerprint density at radius 1 is 0.895 bits per heavy atom. The number of rotatable bonds is 4. The summed E-state index contributed by atoms with van der Waals surface area (Å²) in [5.74, 6) is 0. The lowest BCUT2D eigenvalue weighted by Gasteiger charge is -2.48. The maximum atomic E-state index is 2.70. The number of likely N-dealkylation sites (tertiary alicyclic amines) is 1. The van der Waals surface area contributed by atoms with Gasteiger partial charge in [-0.2, -0.15) is 0 Å². The minimum absolute atomic E-state index is 0.619. The van der Waals surface area contributed by atoms with Crippen molar-refractivity contribution in [3.8, 4) is 0 Å². The van der Waals surface area contributed by atoms with Gasteiger partial charge in [0.05, 0.1) is 0 Å². The lowest BCUT2D eigenvalue weighted by atomic mass is 9.61. The summed E-state index contributed by atoms with van der Waals surface area (Å²) >= 11 is 0. The number of piperidine rings is 1. The van der Waals surface area contributed by atoms with Crippen molar-refractivity contribution < 1.29 is 0 Å². The van der Waals surface area contributed by atoms with E-state index in [4.69, 9.17) is 0 Å². The average molecular weight is 266 g/mol. The van der Waals surface area contributed by atoms with E-state index < -0.39 is 0 Å². The van der Waals surface area contributed by atoms with E-state index in [1.54, 1.807) is 0 Å². The summed E-state index contributed by atoms with van der Waals surface area (Å²) in [5.41, 5.74) is 1.35. The summed E-state index contributed by atoms with van der Waals surface area (Å²) < 4.78 is 0. The van der Waals surface area contributed by atoms with E-state index >= 15 is 0 Å². The first kappa shape index (κ1) is 15.3. The van der Waals surface area contributed by atoms with E-state index in [-0.39, 0.29) is 0 Å². The summed E-state index contributed by atoms with van der Waals surface area (Å²) in [7, 11) is 4.35. The van der Waals surface area contributed by atoms with Gasteiger partial charge in [0.25, 0.3) is 0 Å². The molecule has 0 aromatic rings. The van der Waals surface area contributed by atoms with Gasteiger partial charge in [0, 0.05) is 0 Å². The molecule has 2 fully saturated rings. The van der Waals surface area contributed by atoms with Gasteiger partial charge >= 0.3 is 0 Å². The van der Waals surface area contributed by atoms with E-state index in [0.29, 0.717) is 5.41 Å². The first-order chi connectivity index (χ1) is 8.91. The van der Waals surface area contributed by atoms with Crippen molar-refractivity contribution in [2.45, 2.75) is 58.8 Å². The molecule has 0 bridgehead atoms. The molecule has 0 unspecified atom stereocenters. The highest BCUT2D eigenvalue weighted by molar-refractivity contribution is 4.92. The second-order valence-corrected chi connectivity index (χ2v) is 8.16. The highest BCUT2D eigenvalue weighted by Crippen LogP contribution is 2.50. The van der Waals surface area contributed by atoms with E-state index in [1.165, 1.54) is 71.1 Å². The van der Waals surface area contributed by atoms with Crippen molar-refractivity contribution in [1.29, 1.82) is 0 Å². The molecule has 0 aromatic carbocycles. The van der Waals surface area contributed by atoms with Gasteiger partial charge in [0.15, 0.2) is 0 Å². The molecule has 1 spiro atoms. The molecule has 1 heterocycles. The van der Waals surface area contributed by atoms with Crippen LogP contribution < -0.4 is 0 Å². The Bertz CT molecular complexity index is 263. The van der Waals surface area contributed by atoms with Gasteiger partial charge in [0.2, 0.25) is 0 Å². The van der Waals surface area contributed by atoms with Crippen molar-refractivity contribution in [3.63, 3.8) is 0 Å². The summed E-state index contributed by atoms with van der Waals surface area (Å²) in [4.78, 5) is 5.00. The number of hydrogen-bond acceptors (Lipinski definition) is 2. The Balaban J connectivity index is 1.70. The van der Waals surface area contributed by atoms with E-state index in [9.17, 15) is 0 Å². The van der Waals surface area contributed by atoms with E-state index in [1.807, 2.05) is 0 Å². The van der Waals surface area contributed by atoms with Crippen molar-refractivity contribution in [2.24, 2.45) is 10.8 Å². The minimum atomic E-state index is 0.619. The van der Waals surface area contributed by atoms with Gasteiger partial charge in [0.1, 0.15) is 0 Å². The predicted molar refractivity (Wildman–Crippen MR) is 83.5 cm³/mol. The van der Waals surface area contributed by atoms with Crippen molar-refractivity contribution in [1.82, 2.24) is 9.80 Å². The van der Waals surface area contributed by atoms with Crippen LogP contribution in [0.15, 0.2) is 0 Å². The second kappa shape index (κ2) is 6.13. The molecule has 2 nitrogen and oxygen atoms in total. The fraction of sp³-hybridized carbons (Fsp3) is 1.00. The third-order valence-electron chi connectivity index (χ3n) is 5.66. The van der Waals surface area contributed by atoms with Crippen molar-refractivity contribution in [3.05, 3.63) is 0 Å². The Kier molecular flexibility index (Phi) is 4.94. The average Bonchev–Trinajstić information content (AvgIpc) is 2.36. The van der Waals surface area contributed by atoms with E-state index in [0.717, 1.165) is 5.41 Å². The van der Waals surface area contributed by atoms with Crippen LogP contribution in [0.4, 0.5) is 0 Å². The highest BCUT2D eigenvalue weighted by Gasteiger charge is 2.39. The fourth-order valence-corrected chi connectivity index (χ4v) is 3.82. The molecule has 2 aliphatic rings. The molecule has 0 radical (unpaired) electrons. The van der Waals surface area contributed by atoms with E-state index in [2.05, 4.69) is 37.7 Å². The van der Waals surface area contributed by atoms with Crippen LogP contribution in [0.5, 0.6) is 0 Å². The zero-order chi connectivity index (χ0) is 13.9. The molecule has 1 saturated carbocycles. The van der Waals surface area contributed by atoms with Gasteiger partial charge in [-0.1, -0.05) is 13.8 Å². The zero-order valence-electron chi connectivity index (χ0n) is 13.7. The summed E-state index contributed by atoms with van der Waals surface area (Å²) in [5, 5.41) is 0. The Hall–Kier alpha value is -0.0800. The molecule has 0 N–H and O–H groups in total. The van der Waals surface area contributed by atoms with Crippen LogP contribution >= 0.6 is 0 Å². The van der Waals surface area contributed by atoms with Crippen LogP contribution in [-0.2, 0) is 0 Å². The largest absolute Gasteiger partial charge is 0.309 e. The topological polar surface area (TPSA) is 6.48 Å². The monoisotopic (exact) mass is 266 g/mol. The molecular formula is C17H34N2. The second-order valence-electron chi connectivity index (χ2n) is 8.16. The van der Waals surface area contributed by atoms with Gasteiger partial charge in [-0.3, -0.25) is 0 Å². The van der Waals surface area contributed by atoms with Crippen LogP contribution in [0.25, 0.3) is 0 Å². The molecule has 2 rings (SSSR count). The molecule has 112 valence electrons. The Morgan fingerprint density at radius 2 is 1.47 bits per heavy atom. The fourth-order valence-electron chi connectivity index (χ4n) is 3.82. The molecule has 19 heavy (non-hydrogen) atoms. The quantitative estimate of drug-likeness (QED) is 0.767. The summed E-state index contributed by atoms with van der Waals surface area (Å²) in [6, 6.07) is 0. The van der Waals surface area contributed by atoms with Crippen LogP contribution in [0.2, 0.25) is 0 Å². The first-order valence-corrected chi connectivity index (χ1v) is 8.28. The molecule has 0 aromatic heterocycles. The third kappa shape index (κ3) is 4.46. The normalized spacial score (nSPS) is 27.0. The van der Waals surface area contributed by atoms with Gasteiger partial charge in [-0.05, 0) is 96.1 Å².